The summed E-state index contributed by atoms with van der Waals surface area (Å²) >= 11 is 5.78. The van der Waals surface area contributed by atoms with E-state index in [-0.39, 0.29) is 0 Å². The minimum absolute atomic E-state index is 0.723. The number of halogens is 1. The molecule has 0 N–H and O–H groups in total. The molecular weight excluding hydrogens is 260 g/mol. The van der Waals surface area contributed by atoms with Gasteiger partial charge in [0.15, 0.2) is 0 Å². The van der Waals surface area contributed by atoms with Crippen molar-refractivity contribution in [3.05, 3.63) is 29.8 Å². The fraction of sp³-hybridized carbons (Fsp3) is 0.600. The van der Waals surface area contributed by atoms with Gasteiger partial charge in [-0.25, -0.2) is 0 Å². The lowest BCUT2D eigenvalue weighted by atomic mass is 10.1. The Morgan fingerprint density at radius 2 is 1.79 bits per heavy atom. The summed E-state index contributed by atoms with van der Waals surface area (Å²) in [4.78, 5) is 4.92. The Morgan fingerprint density at radius 1 is 1.11 bits per heavy atom. The van der Waals surface area contributed by atoms with E-state index in [0.717, 1.165) is 57.5 Å². The molecule has 19 heavy (non-hydrogen) atoms. The zero-order valence-corrected chi connectivity index (χ0v) is 12.4. The van der Waals surface area contributed by atoms with E-state index in [0.29, 0.717) is 0 Å². The second-order valence-electron chi connectivity index (χ2n) is 4.85. The molecule has 0 aromatic heterocycles. The Morgan fingerprint density at radius 3 is 2.47 bits per heavy atom. The van der Waals surface area contributed by atoms with Gasteiger partial charge in [0.1, 0.15) is 5.75 Å². The van der Waals surface area contributed by atoms with Crippen LogP contribution in [0.25, 0.3) is 0 Å². The quantitative estimate of drug-likeness (QED) is 0.746. The second kappa shape index (κ2) is 7.73. The van der Waals surface area contributed by atoms with Crippen LogP contribution in [0.3, 0.4) is 0 Å². The molecule has 1 saturated heterocycles. The molecule has 0 unspecified atom stereocenters. The lowest BCUT2D eigenvalue weighted by molar-refractivity contribution is 0.131. The molecule has 1 aromatic rings. The van der Waals surface area contributed by atoms with Crippen LogP contribution in [-0.2, 0) is 6.54 Å². The van der Waals surface area contributed by atoms with Crippen molar-refractivity contribution in [1.82, 2.24) is 9.80 Å². The Bertz CT molecular complexity index is 378. The molecule has 1 aliphatic heterocycles. The van der Waals surface area contributed by atoms with E-state index in [1.165, 1.54) is 5.56 Å². The third kappa shape index (κ3) is 4.37. The van der Waals surface area contributed by atoms with Crippen molar-refractivity contribution in [3.63, 3.8) is 0 Å². The van der Waals surface area contributed by atoms with Crippen LogP contribution in [0, 0.1) is 0 Å². The predicted octanol–water partition coefficient (Wildman–Crippen LogP) is 2.44. The van der Waals surface area contributed by atoms with Gasteiger partial charge in [0.25, 0.3) is 0 Å². The first-order valence-electron chi connectivity index (χ1n) is 7.05. The summed E-state index contributed by atoms with van der Waals surface area (Å²) in [6.45, 7) is 9.18. The van der Waals surface area contributed by atoms with Crippen molar-refractivity contribution < 1.29 is 4.74 Å². The monoisotopic (exact) mass is 282 g/mol. The molecule has 2 rings (SSSR count). The van der Waals surface area contributed by atoms with Gasteiger partial charge in [0, 0.05) is 50.7 Å². The van der Waals surface area contributed by atoms with Crippen LogP contribution in [-0.4, -0.2) is 55.0 Å². The van der Waals surface area contributed by atoms with E-state index >= 15 is 0 Å². The van der Waals surface area contributed by atoms with E-state index < -0.39 is 0 Å². The van der Waals surface area contributed by atoms with Gasteiger partial charge in [-0.05, 0) is 13.0 Å². The van der Waals surface area contributed by atoms with E-state index in [9.17, 15) is 0 Å². The number of rotatable bonds is 6. The summed E-state index contributed by atoms with van der Waals surface area (Å²) in [7, 11) is 0. The molecular formula is C15H23ClN2O. The third-order valence-corrected chi connectivity index (χ3v) is 3.70. The normalized spacial score (nSPS) is 17.6. The maximum atomic E-state index is 5.78. The first kappa shape index (κ1) is 14.6. The summed E-state index contributed by atoms with van der Waals surface area (Å²) in [6, 6.07) is 8.34. The average molecular weight is 283 g/mol. The fourth-order valence-corrected chi connectivity index (χ4v) is 2.70. The molecule has 1 aromatic carbocycles. The predicted molar refractivity (Wildman–Crippen MR) is 80.0 cm³/mol. The number of ether oxygens (including phenoxy) is 1. The number of alkyl halides is 1. The number of benzene rings is 1. The SMILES string of the molecule is CCOc1ccccc1CN1CCN(CCCl)CC1. The Kier molecular flexibility index (Phi) is 5.95. The third-order valence-electron chi connectivity index (χ3n) is 3.53. The molecule has 0 amide bonds. The molecule has 3 nitrogen and oxygen atoms in total. The summed E-state index contributed by atoms with van der Waals surface area (Å²) < 4.78 is 5.68. The topological polar surface area (TPSA) is 15.7 Å². The summed E-state index contributed by atoms with van der Waals surface area (Å²) in [5, 5.41) is 0. The van der Waals surface area contributed by atoms with Crippen molar-refractivity contribution in [3.8, 4) is 5.75 Å². The summed E-state index contributed by atoms with van der Waals surface area (Å²) in [6.07, 6.45) is 0. The van der Waals surface area contributed by atoms with Crippen molar-refractivity contribution in [2.24, 2.45) is 0 Å². The number of hydrogen-bond donors (Lipinski definition) is 0. The van der Waals surface area contributed by atoms with Crippen LogP contribution >= 0.6 is 11.6 Å². The van der Waals surface area contributed by atoms with Gasteiger partial charge in [0.05, 0.1) is 6.61 Å². The minimum atomic E-state index is 0.723. The molecule has 1 heterocycles. The van der Waals surface area contributed by atoms with Crippen LogP contribution in [0.4, 0.5) is 0 Å². The molecule has 106 valence electrons. The largest absolute Gasteiger partial charge is 0.494 e. The molecule has 0 radical (unpaired) electrons. The van der Waals surface area contributed by atoms with Gasteiger partial charge in [-0.15, -0.1) is 11.6 Å². The molecule has 0 saturated carbocycles. The molecule has 0 spiro atoms. The fourth-order valence-electron chi connectivity index (χ4n) is 2.46. The molecule has 0 bridgehead atoms. The number of nitrogens with zero attached hydrogens (tertiary/aromatic N) is 2. The van der Waals surface area contributed by atoms with Crippen LogP contribution in [0.2, 0.25) is 0 Å². The Balaban J connectivity index is 1.88. The maximum Gasteiger partial charge on any atom is 0.123 e. The van der Waals surface area contributed by atoms with Gasteiger partial charge in [-0.1, -0.05) is 18.2 Å². The van der Waals surface area contributed by atoms with Crippen LogP contribution in [0.15, 0.2) is 24.3 Å². The van der Waals surface area contributed by atoms with E-state index in [4.69, 9.17) is 16.3 Å². The van der Waals surface area contributed by atoms with Gasteiger partial charge in [-0.3, -0.25) is 9.80 Å². The minimum Gasteiger partial charge on any atom is -0.494 e. The highest BCUT2D eigenvalue weighted by Crippen LogP contribution is 2.20. The van der Waals surface area contributed by atoms with Crippen LogP contribution < -0.4 is 4.74 Å². The standard InChI is InChI=1S/C15H23ClN2O/c1-2-19-15-6-4-3-5-14(15)13-18-11-9-17(8-7-16)10-12-18/h3-6H,2,7-13H2,1H3. The average Bonchev–Trinajstić information content (AvgIpc) is 2.44. The van der Waals surface area contributed by atoms with Crippen molar-refractivity contribution in [2.45, 2.75) is 13.5 Å². The van der Waals surface area contributed by atoms with Crippen molar-refractivity contribution in [2.75, 3.05) is 45.2 Å². The number of hydrogen-bond acceptors (Lipinski definition) is 3. The lowest BCUT2D eigenvalue weighted by Crippen LogP contribution is -2.46. The van der Waals surface area contributed by atoms with Crippen molar-refractivity contribution >= 4 is 11.6 Å². The Labute approximate surface area is 121 Å². The van der Waals surface area contributed by atoms with Gasteiger partial charge in [-0.2, -0.15) is 0 Å². The highest BCUT2D eigenvalue weighted by molar-refractivity contribution is 6.18. The lowest BCUT2D eigenvalue weighted by Gasteiger charge is -2.34. The highest BCUT2D eigenvalue weighted by atomic mass is 35.5. The zero-order chi connectivity index (χ0) is 13.5. The number of piperazine rings is 1. The molecule has 1 aliphatic rings. The molecule has 1 fully saturated rings. The molecule has 0 atom stereocenters. The Hall–Kier alpha value is -0.770. The maximum absolute atomic E-state index is 5.78. The first-order valence-corrected chi connectivity index (χ1v) is 7.58. The van der Waals surface area contributed by atoms with Gasteiger partial charge in [0.2, 0.25) is 0 Å². The summed E-state index contributed by atoms with van der Waals surface area (Å²) in [5.74, 6) is 1.75. The van der Waals surface area contributed by atoms with Gasteiger partial charge >= 0.3 is 0 Å². The molecule has 0 aliphatic carbocycles. The van der Waals surface area contributed by atoms with Crippen LogP contribution in [0.1, 0.15) is 12.5 Å². The zero-order valence-electron chi connectivity index (χ0n) is 11.6. The smallest absolute Gasteiger partial charge is 0.123 e. The summed E-state index contributed by atoms with van der Waals surface area (Å²) in [5.41, 5.74) is 1.29. The van der Waals surface area contributed by atoms with Gasteiger partial charge < -0.3 is 4.74 Å². The van der Waals surface area contributed by atoms with E-state index in [2.05, 4.69) is 28.0 Å². The van der Waals surface area contributed by atoms with E-state index in [1.54, 1.807) is 0 Å². The second-order valence-corrected chi connectivity index (χ2v) is 5.23. The van der Waals surface area contributed by atoms with Crippen molar-refractivity contribution in [1.29, 1.82) is 0 Å². The molecule has 4 heteroatoms. The van der Waals surface area contributed by atoms with Crippen LogP contribution in [0.5, 0.6) is 5.75 Å². The number of para-hydroxylation sites is 1. The highest BCUT2D eigenvalue weighted by Gasteiger charge is 2.17. The first-order chi connectivity index (χ1) is 9.33. The van der Waals surface area contributed by atoms with E-state index in [1.807, 2.05) is 13.0 Å².